The zero-order chi connectivity index (χ0) is 15.7. The molecule has 0 radical (unpaired) electrons. The van der Waals surface area contributed by atoms with Crippen molar-refractivity contribution in [1.29, 1.82) is 0 Å². The Balaban J connectivity index is 2.68. The first-order valence-corrected chi connectivity index (χ1v) is 7.18. The van der Waals surface area contributed by atoms with Crippen LogP contribution in [0.5, 0.6) is 0 Å². The molecule has 0 aromatic heterocycles. The normalized spacial score (nSPS) is 10.1. The van der Waals surface area contributed by atoms with Crippen LogP contribution >= 0.6 is 0 Å². The van der Waals surface area contributed by atoms with Crippen LogP contribution in [0.4, 0.5) is 0 Å². The third kappa shape index (κ3) is 5.99. The van der Waals surface area contributed by atoms with Gasteiger partial charge < -0.3 is 15.3 Å². The zero-order valence-electron chi connectivity index (χ0n) is 13.1. The Bertz CT molecular complexity index is 527. The van der Waals surface area contributed by atoms with E-state index in [1.807, 2.05) is 39.2 Å². The molecule has 21 heavy (non-hydrogen) atoms. The summed E-state index contributed by atoms with van der Waals surface area (Å²) in [7, 11) is 4.03. The number of rotatable bonds is 6. The Labute approximate surface area is 127 Å². The third-order valence-electron chi connectivity index (χ3n) is 3.11. The lowest BCUT2D eigenvalue weighted by molar-refractivity contribution is 0.0951. The van der Waals surface area contributed by atoms with Gasteiger partial charge in [-0.05, 0) is 51.7 Å². The fourth-order valence-corrected chi connectivity index (χ4v) is 1.92. The highest BCUT2D eigenvalue weighted by Gasteiger charge is 2.10. The zero-order valence-corrected chi connectivity index (χ0v) is 13.1. The molecule has 0 spiro atoms. The summed E-state index contributed by atoms with van der Waals surface area (Å²) in [5.41, 5.74) is 2.38. The Hall–Kier alpha value is -1.83. The van der Waals surface area contributed by atoms with E-state index in [2.05, 4.69) is 22.1 Å². The molecule has 0 aliphatic heterocycles. The minimum atomic E-state index is -0.0583. The number of amides is 1. The summed E-state index contributed by atoms with van der Waals surface area (Å²) < 4.78 is 0. The first-order valence-electron chi connectivity index (χ1n) is 7.18. The highest BCUT2D eigenvalue weighted by Crippen LogP contribution is 2.12. The van der Waals surface area contributed by atoms with Gasteiger partial charge >= 0.3 is 0 Å². The van der Waals surface area contributed by atoms with Crippen LogP contribution in [0.2, 0.25) is 0 Å². The summed E-state index contributed by atoms with van der Waals surface area (Å²) in [4.78, 5) is 14.3. The molecular weight excluding hydrogens is 264 g/mol. The molecule has 0 unspecified atom stereocenters. The minimum absolute atomic E-state index is 0.0537. The SMILES string of the molecule is Cc1c(C#CCCO)cccc1C(=O)NCCCN(C)C. The fraction of sp³-hybridized carbons (Fsp3) is 0.471. The maximum absolute atomic E-state index is 12.2. The first kappa shape index (κ1) is 17.2. The van der Waals surface area contributed by atoms with Crippen LogP contribution in [-0.4, -0.2) is 49.7 Å². The van der Waals surface area contributed by atoms with E-state index in [-0.39, 0.29) is 12.5 Å². The number of nitrogens with zero attached hydrogens (tertiary/aromatic N) is 1. The predicted molar refractivity (Wildman–Crippen MR) is 85.3 cm³/mol. The molecule has 0 aliphatic rings. The molecule has 0 atom stereocenters. The number of carbonyl (C=O) groups is 1. The topological polar surface area (TPSA) is 52.6 Å². The number of aliphatic hydroxyl groups excluding tert-OH is 1. The van der Waals surface area contributed by atoms with E-state index in [4.69, 9.17) is 5.11 Å². The van der Waals surface area contributed by atoms with Crippen LogP contribution in [0.15, 0.2) is 18.2 Å². The quantitative estimate of drug-likeness (QED) is 0.615. The average Bonchev–Trinajstić information content (AvgIpc) is 2.45. The van der Waals surface area contributed by atoms with Gasteiger partial charge in [0.15, 0.2) is 0 Å². The Morgan fingerprint density at radius 1 is 1.38 bits per heavy atom. The number of carbonyl (C=O) groups excluding carboxylic acids is 1. The average molecular weight is 288 g/mol. The molecule has 4 heteroatoms. The molecule has 1 aromatic carbocycles. The fourth-order valence-electron chi connectivity index (χ4n) is 1.92. The van der Waals surface area contributed by atoms with Gasteiger partial charge in [-0.1, -0.05) is 17.9 Å². The lowest BCUT2D eigenvalue weighted by atomic mass is 10.0. The smallest absolute Gasteiger partial charge is 0.251 e. The molecule has 1 rings (SSSR count). The number of aliphatic hydroxyl groups is 1. The van der Waals surface area contributed by atoms with Crippen molar-refractivity contribution < 1.29 is 9.90 Å². The maximum Gasteiger partial charge on any atom is 0.251 e. The molecule has 114 valence electrons. The van der Waals surface area contributed by atoms with Gasteiger partial charge in [0.1, 0.15) is 0 Å². The minimum Gasteiger partial charge on any atom is -0.395 e. The van der Waals surface area contributed by atoms with Crippen molar-refractivity contribution in [3.63, 3.8) is 0 Å². The maximum atomic E-state index is 12.2. The van der Waals surface area contributed by atoms with Crippen LogP contribution in [-0.2, 0) is 0 Å². The van der Waals surface area contributed by atoms with Crippen molar-refractivity contribution in [3.05, 3.63) is 34.9 Å². The number of hydrogen-bond donors (Lipinski definition) is 2. The van der Waals surface area contributed by atoms with Crippen LogP contribution in [0.1, 0.15) is 34.3 Å². The van der Waals surface area contributed by atoms with E-state index in [0.717, 1.165) is 24.1 Å². The van der Waals surface area contributed by atoms with Gasteiger partial charge in [-0.15, -0.1) is 0 Å². The molecule has 0 fully saturated rings. The standard InChI is InChI=1S/C17H24N2O2/c1-14-15(8-4-5-13-20)9-6-10-16(14)17(21)18-11-7-12-19(2)3/h6,9-10,20H,5,7,11-13H2,1-3H3,(H,18,21). The second kappa shape index (κ2) is 9.17. The van der Waals surface area contributed by atoms with Crippen molar-refractivity contribution in [3.8, 4) is 11.8 Å². The molecule has 0 heterocycles. The largest absolute Gasteiger partial charge is 0.395 e. The van der Waals surface area contributed by atoms with Gasteiger partial charge in [-0.25, -0.2) is 0 Å². The van der Waals surface area contributed by atoms with Gasteiger partial charge in [-0.2, -0.15) is 0 Å². The lowest BCUT2D eigenvalue weighted by Gasteiger charge is -2.11. The van der Waals surface area contributed by atoms with Crippen molar-refractivity contribution in [2.75, 3.05) is 33.8 Å². The second-order valence-electron chi connectivity index (χ2n) is 5.17. The highest BCUT2D eigenvalue weighted by atomic mass is 16.2. The molecule has 0 bridgehead atoms. The molecule has 1 amide bonds. The van der Waals surface area contributed by atoms with Crippen molar-refractivity contribution in [2.24, 2.45) is 0 Å². The highest BCUT2D eigenvalue weighted by molar-refractivity contribution is 5.96. The third-order valence-corrected chi connectivity index (χ3v) is 3.11. The van der Waals surface area contributed by atoms with Gasteiger partial charge in [0.05, 0.1) is 6.61 Å². The number of nitrogens with one attached hydrogen (secondary N) is 1. The molecule has 0 saturated heterocycles. The van der Waals surface area contributed by atoms with E-state index < -0.39 is 0 Å². The van der Waals surface area contributed by atoms with Crippen molar-refractivity contribution >= 4 is 5.91 Å². The summed E-state index contributed by atoms with van der Waals surface area (Å²) in [5.74, 6) is 5.82. The molecule has 0 aliphatic carbocycles. The first-order chi connectivity index (χ1) is 10.1. The monoisotopic (exact) mass is 288 g/mol. The van der Waals surface area contributed by atoms with E-state index in [0.29, 0.717) is 18.5 Å². The summed E-state index contributed by atoms with van der Waals surface area (Å²) >= 11 is 0. The molecule has 0 saturated carbocycles. The number of benzene rings is 1. The van der Waals surface area contributed by atoms with Crippen LogP contribution in [0.3, 0.4) is 0 Å². The lowest BCUT2D eigenvalue weighted by Crippen LogP contribution is -2.27. The Morgan fingerprint density at radius 2 is 2.14 bits per heavy atom. The predicted octanol–water partition coefficient (Wildman–Crippen LogP) is 1.41. The summed E-state index contributed by atoms with van der Waals surface area (Å²) in [6, 6.07) is 5.54. The molecule has 2 N–H and O–H groups in total. The van der Waals surface area contributed by atoms with E-state index >= 15 is 0 Å². The van der Waals surface area contributed by atoms with Crippen LogP contribution in [0, 0.1) is 18.8 Å². The van der Waals surface area contributed by atoms with E-state index in [1.165, 1.54) is 0 Å². The Kier molecular flexibility index (Phi) is 7.52. The second-order valence-corrected chi connectivity index (χ2v) is 5.17. The summed E-state index contributed by atoms with van der Waals surface area (Å²) in [5, 5.41) is 11.7. The van der Waals surface area contributed by atoms with Gasteiger partial charge in [-0.3, -0.25) is 4.79 Å². The molecule has 4 nitrogen and oxygen atoms in total. The van der Waals surface area contributed by atoms with Crippen molar-refractivity contribution in [1.82, 2.24) is 10.2 Å². The van der Waals surface area contributed by atoms with E-state index in [1.54, 1.807) is 0 Å². The molecular formula is C17H24N2O2. The Morgan fingerprint density at radius 3 is 2.81 bits per heavy atom. The van der Waals surface area contributed by atoms with Crippen LogP contribution < -0.4 is 5.32 Å². The van der Waals surface area contributed by atoms with Gasteiger partial charge in [0.2, 0.25) is 0 Å². The van der Waals surface area contributed by atoms with Crippen molar-refractivity contribution in [2.45, 2.75) is 19.8 Å². The van der Waals surface area contributed by atoms with Gasteiger partial charge in [0, 0.05) is 24.1 Å². The summed E-state index contributed by atoms with van der Waals surface area (Å²) in [6.07, 6.45) is 1.37. The summed E-state index contributed by atoms with van der Waals surface area (Å²) in [6.45, 7) is 3.57. The van der Waals surface area contributed by atoms with E-state index in [9.17, 15) is 4.79 Å². The van der Waals surface area contributed by atoms with Gasteiger partial charge in [0.25, 0.3) is 5.91 Å². The number of hydrogen-bond acceptors (Lipinski definition) is 3. The van der Waals surface area contributed by atoms with Crippen LogP contribution in [0.25, 0.3) is 0 Å². The molecule has 1 aromatic rings.